The Balaban J connectivity index is 1.71. The molecule has 2 heterocycles. The number of carbonyl (C=O) groups excluding carboxylic acids is 1. The molecule has 1 amide bonds. The lowest BCUT2D eigenvalue weighted by Gasteiger charge is -2.28. The summed E-state index contributed by atoms with van der Waals surface area (Å²) < 4.78 is 14.9. The molecule has 1 aromatic heterocycles. The van der Waals surface area contributed by atoms with Crippen molar-refractivity contribution in [3.8, 4) is 11.4 Å². The first-order valence-corrected chi connectivity index (χ1v) is 9.05. The standard InChI is InChI=1S/C17H21FN4OS/c1-12(16(23)22-10-4-3-5-11-22)24-17-20-19-15(21(17)2)13-6-8-14(18)9-7-13/h6-9,12H,3-5,10-11H2,1-2H3/t12-/m1/s1. The molecular weight excluding hydrogens is 327 g/mol. The minimum atomic E-state index is -0.281. The molecule has 7 heteroatoms. The molecule has 0 aliphatic carbocycles. The molecular formula is C17H21FN4OS. The van der Waals surface area contributed by atoms with Crippen molar-refractivity contribution in [2.75, 3.05) is 13.1 Å². The highest BCUT2D eigenvalue weighted by Crippen LogP contribution is 2.27. The number of hydrogen-bond donors (Lipinski definition) is 0. The van der Waals surface area contributed by atoms with Gasteiger partial charge in [-0.2, -0.15) is 0 Å². The van der Waals surface area contributed by atoms with Crippen LogP contribution < -0.4 is 0 Å². The summed E-state index contributed by atoms with van der Waals surface area (Å²) in [5, 5.41) is 8.86. The molecule has 0 unspecified atom stereocenters. The van der Waals surface area contributed by atoms with E-state index in [1.165, 1.54) is 30.3 Å². The van der Waals surface area contributed by atoms with Gasteiger partial charge in [0.25, 0.3) is 0 Å². The second-order valence-electron chi connectivity index (χ2n) is 6.02. The fraction of sp³-hybridized carbons (Fsp3) is 0.471. The van der Waals surface area contributed by atoms with Gasteiger partial charge in [-0.1, -0.05) is 11.8 Å². The molecule has 24 heavy (non-hydrogen) atoms. The summed E-state index contributed by atoms with van der Waals surface area (Å²) in [4.78, 5) is 14.5. The summed E-state index contributed by atoms with van der Waals surface area (Å²) in [6.45, 7) is 3.61. The number of nitrogens with zero attached hydrogens (tertiary/aromatic N) is 4. The van der Waals surface area contributed by atoms with Gasteiger partial charge in [-0.25, -0.2) is 4.39 Å². The fourth-order valence-electron chi connectivity index (χ4n) is 2.85. The van der Waals surface area contributed by atoms with Crippen molar-refractivity contribution < 1.29 is 9.18 Å². The second-order valence-corrected chi connectivity index (χ2v) is 7.33. The smallest absolute Gasteiger partial charge is 0.235 e. The molecule has 0 radical (unpaired) electrons. The van der Waals surface area contributed by atoms with E-state index in [1.807, 2.05) is 23.4 Å². The Kier molecular flexibility index (Phi) is 5.18. The first-order valence-electron chi connectivity index (χ1n) is 8.17. The van der Waals surface area contributed by atoms with Crippen molar-refractivity contribution in [2.45, 2.75) is 36.6 Å². The van der Waals surface area contributed by atoms with Crippen molar-refractivity contribution in [1.29, 1.82) is 0 Å². The number of rotatable bonds is 4. The van der Waals surface area contributed by atoms with Gasteiger partial charge in [-0.05, 0) is 50.5 Å². The van der Waals surface area contributed by atoms with Crippen LogP contribution in [0.4, 0.5) is 4.39 Å². The molecule has 3 rings (SSSR count). The number of benzene rings is 1. The topological polar surface area (TPSA) is 51.0 Å². The van der Waals surface area contributed by atoms with E-state index < -0.39 is 0 Å². The zero-order chi connectivity index (χ0) is 17.1. The summed E-state index contributed by atoms with van der Waals surface area (Å²) in [6.07, 6.45) is 3.37. The van der Waals surface area contributed by atoms with Crippen LogP contribution in [-0.4, -0.2) is 43.9 Å². The molecule has 1 aliphatic rings. The molecule has 1 saturated heterocycles. The van der Waals surface area contributed by atoms with Gasteiger partial charge in [0.15, 0.2) is 11.0 Å². The quantitative estimate of drug-likeness (QED) is 0.797. The minimum Gasteiger partial charge on any atom is -0.342 e. The van der Waals surface area contributed by atoms with Crippen molar-refractivity contribution in [3.63, 3.8) is 0 Å². The fourth-order valence-corrected chi connectivity index (χ4v) is 3.75. The van der Waals surface area contributed by atoms with Crippen LogP contribution in [0.1, 0.15) is 26.2 Å². The Morgan fingerprint density at radius 1 is 1.17 bits per heavy atom. The lowest BCUT2D eigenvalue weighted by atomic mass is 10.1. The van der Waals surface area contributed by atoms with E-state index >= 15 is 0 Å². The van der Waals surface area contributed by atoms with Crippen molar-refractivity contribution in [1.82, 2.24) is 19.7 Å². The third kappa shape index (κ3) is 3.61. The van der Waals surface area contributed by atoms with Crippen molar-refractivity contribution in [3.05, 3.63) is 30.1 Å². The number of likely N-dealkylation sites (tertiary alicyclic amines) is 1. The first kappa shape index (κ1) is 17.0. The van der Waals surface area contributed by atoms with E-state index in [0.29, 0.717) is 11.0 Å². The van der Waals surface area contributed by atoms with E-state index in [0.717, 1.165) is 31.5 Å². The predicted octanol–water partition coefficient (Wildman–Crippen LogP) is 3.11. The third-order valence-corrected chi connectivity index (χ3v) is 5.36. The van der Waals surface area contributed by atoms with Gasteiger partial charge in [-0.3, -0.25) is 4.79 Å². The summed E-state index contributed by atoms with van der Waals surface area (Å²) in [5.41, 5.74) is 0.799. The van der Waals surface area contributed by atoms with Gasteiger partial charge < -0.3 is 9.47 Å². The Labute approximate surface area is 145 Å². The number of hydrogen-bond acceptors (Lipinski definition) is 4. The molecule has 0 saturated carbocycles. The molecule has 1 aromatic carbocycles. The number of carbonyl (C=O) groups is 1. The number of piperidine rings is 1. The maximum absolute atomic E-state index is 13.1. The molecule has 0 N–H and O–H groups in total. The highest BCUT2D eigenvalue weighted by atomic mass is 32.2. The lowest BCUT2D eigenvalue weighted by molar-refractivity contribution is -0.131. The Morgan fingerprint density at radius 2 is 1.83 bits per heavy atom. The number of thioether (sulfide) groups is 1. The largest absolute Gasteiger partial charge is 0.342 e. The number of amides is 1. The average Bonchev–Trinajstić information content (AvgIpc) is 2.96. The van der Waals surface area contributed by atoms with E-state index in [9.17, 15) is 9.18 Å². The van der Waals surface area contributed by atoms with E-state index in [1.54, 1.807) is 12.1 Å². The average molecular weight is 348 g/mol. The number of aromatic nitrogens is 3. The summed E-state index contributed by atoms with van der Waals surface area (Å²) in [7, 11) is 1.86. The Hall–Kier alpha value is -1.89. The molecule has 0 spiro atoms. The van der Waals surface area contributed by atoms with Crippen LogP contribution in [0.5, 0.6) is 0 Å². The number of halogens is 1. The summed E-state index contributed by atoms with van der Waals surface area (Å²) in [5.74, 6) is 0.539. The predicted molar refractivity (Wildman–Crippen MR) is 92.1 cm³/mol. The second kappa shape index (κ2) is 7.34. The van der Waals surface area contributed by atoms with Crippen LogP contribution in [0.3, 0.4) is 0 Å². The Bertz CT molecular complexity index is 710. The van der Waals surface area contributed by atoms with Gasteiger partial charge in [0.1, 0.15) is 5.82 Å². The first-order chi connectivity index (χ1) is 11.6. The van der Waals surface area contributed by atoms with Crippen molar-refractivity contribution >= 4 is 17.7 Å². The zero-order valence-corrected chi connectivity index (χ0v) is 14.7. The zero-order valence-electron chi connectivity index (χ0n) is 13.9. The highest BCUT2D eigenvalue weighted by molar-refractivity contribution is 8.00. The van der Waals surface area contributed by atoms with Gasteiger partial charge >= 0.3 is 0 Å². The van der Waals surface area contributed by atoms with Crippen LogP contribution >= 0.6 is 11.8 Å². The van der Waals surface area contributed by atoms with Gasteiger partial charge in [0.2, 0.25) is 5.91 Å². The van der Waals surface area contributed by atoms with Gasteiger partial charge in [0, 0.05) is 25.7 Å². The van der Waals surface area contributed by atoms with Crippen LogP contribution in [0.25, 0.3) is 11.4 Å². The lowest BCUT2D eigenvalue weighted by Crippen LogP contribution is -2.40. The molecule has 1 fully saturated rings. The maximum atomic E-state index is 13.1. The third-order valence-electron chi connectivity index (χ3n) is 4.24. The Morgan fingerprint density at radius 3 is 2.50 bits per heavy atom. The molecule has 0 bridgehead atoms. The maximum Gasteiger partial charge on any atom is 0.235 e. The minimum absolute atomic E-state index is 0.158. The van der Waals surface area contributed by atoms with Crippen LogP contribution in [-0.2, 0) is 11.8 Å². The monoisotopic (exact) mass is 348 g/mol. The van der Waals surface area contributed by atoms with Crippen molar-refractivity contribution in [2.24, 2.45) is 7.05 Å². The van der Waals surface area contributed by atoms with E-state index in [-0.39, 0.29) is 17.0 Å². The van der Waals surface area contributed by atoms with Crippen LogP contribution in [0.15, 0.2) is 29.4 Å². The van der Waals surface area contributed by atoms with Crippen LogP contribution in [0, 0.1) is 5.82 Å². The molecule has 128 valence electrons. The molecule has 1 atom stereocenters. The van der Waals surface area contributed by atoms with Gasteiger partial charge in [0.05, 0.1) is 5.25 Å². The van der Waals surface area contributed by atoms with E-state index in [2.05, 4.69) is 10.2 Å². The summed E-state index contributed by atoms with van der Waals surface area (Å²) in [6, 6.07) is 6.16. The van der Waals surface area contributed by atoms with Gasteiger partial charge in [-0.15, -0.1) is 10.2 Å². The normalized spacial score (nSPS) is 16.2. The SMILES string of the molecule is C[C@@H](Sc1nnc(-c2ccc(F)cc2)n1C)C(=O)N1CCCCC1. The van der Waals surface area contributed by atoms with E-state index in [4.69, 9.17) is 0 Å². The summed E-state index contributed by atoms with van der Waals surface area (Å²) >= 11 is 1.41. The van der Waals surface area contributed by atoms with Crippen LogP contribution in [0.2, 0.25) is 0 Å². The molecule has 5 nitrogen and oxygen atoms in total. The highest BCUT2D eigenvalue weighted by Gasteiger charge is 2.25. The molecule has 2 aromatic rings. The molecule has 1 aliphatic heterocycles.